The molecule has 1 aliphatic carbocycles. The van der Waals surface area contributed by atoms with Gasteiger partial charge in [-0.1, -0.05) is 12.1 Å². The lowest BCUT2D eigenvalue weighted by molar-refractivity contribution is -0.137. The molecule has 3 N–H and O–H groups in total. The summed E-state index contributed by atoms with van der Waals surface area (Å²) in [5, 5.41) is 13.2. The van der Waals surface area contributed by atoms with Gasteiger partial charge in [0.05, 0.1) is 11.1 Å². The van der Waals surface area contributed by atoms with Crippen LogP contribution in [0.1, 0.15) is 52.1 Å². The van der Waals surface area contributed by atoms with Gasteiger partial charge in [-0.05, 0) is 37.0 Å². The fraction of sp³-hybridized carbons (Fsp3) is 0.444. The minimum Gasteiger partial charge on any atom is -0.341 e. The van der Waals surface area contributed by atoms with Gasteiger partial charge in [0.25, 0.3) is 5.91 Å². The Bertz CT molecular complexity index is 845. The van der Waals surface area contributed by atoms with Crippen molar-refractivity contribution < 1.29 is 18.0 Å². The third-order valence-electron chi connectivity index (χ3n) is 5.32. The van der Waals surface area contributed by atoms with Crippen LogP contribution in [0.2, 0.25) is 0 Å². The Balaban J connectivity index is 0.00000210. The number of nitrogens with one attached hydrogen (secondary N) is 3. The van der Waals surface area contributed by atoms with E-state index in [2.05, 4.69) is 20.8 Å². The van der Waals surface area contributed by atoms with Crippen LogP contribution in [0.5, 0.6) is 0 Å². The zero-order valence-electron chi connectivity index (χ0n) is 14.4. The topological polar surface area (TPSA) is 69.8 Å². The van der Waals surface area contributed by atoms with Crippen molar-refractivity contribution in [1.29, 1.82) is 0 Å². The molecule has 0 radical (unpaired) electrons. The molecule has 2 aromatic rings. The minimum absolute atomic E-state index is 0. The van der Waals surface area contributed by atoms with Crippen LogP contribution in [-0.2, 0) is 24.7 Å². The smallest absolute Gasteiger partial charge is 0.341 e. The molecule has 2 aliphatic rings. The first-order valence-electron chi connectivity index (χ1n) is 8.66. The van der Waals surface area contributed by atoms with Crippen molar-refractivity contribution in [1.82, 2.24) is 20.8 Å². The predicted octanol–water partition coefficient (Wildman–Crippen LogP) is 3.31. The number of hydrogen-bond donors (Lipinski definition) is 3. The number of carbonyl (C=O) groups is 1. The van der Waals surface area contributed by atoms with E-state index < -0.39 is 17.3 Å². The SMILES string of the molecule is Cl.O=C(NC1(c2cccc(C(F)(F)F)c2)CCC1)c1n[nH]c2c1CNCC2. The number of hydrogen-bond acceptors (Lipinski definition) is 3. The van der Waals surface area contributed by atoms with E-state index in [0.29, 0.717) is 30.6 Å². The van der Waals surface area contributed by atoms with E-state index >= 15 is 0 Å². The van der Waals surface area contributed by atoms with E-state index in [1.807, 2.05) is 0 Å². The number of amides is 1. The summed E-state index contributed by atoms with van der Waals surface area (Å²) in [7, 11) is 0. The maximum Gasteiger partial charge on any atom is 0.416 e. The van der Waals surface area contributed by atoms with Crippen LogP contribution < -0.4 is 10.6 Å². The Labute approximate surface area is 160 Å². The molecule has 0 unspecified atom stereocenters. The predicted molar refractivity (Wildman–Crippen MR) is 95.7 cm³/mol. The lowest BCUT2D eigenvalue weighted by Crippen LogP contribution is -2.51. The highest BCUT2D eigenvalue weighted by Gasteiger charge is 2.42. The van der Waals surface area contributed by atoms with Gasteiger partial charge in [-0.3, -0.25) is 9.89 Å². The van der Waals surface area contributed by atoms with E-state index in [0.717, 1.165) is 42.8 Å². The monoisotopic (exact) mass is 400 g/mol. The fourth-order valence-electron chi connectivity index (χ4n) is 3.70. The van der Waals surface area contributed by atoms with E-state index in [4.69, 9.17) is 0 Å². The van der Waals surface area contributed by atoms with E-state index in [1.165, 1.54) is 6.07 Å². The average molecular weight is 401 g/mol. The van der Waals surface area contributed by atoms with Crippen molar-refractivity contribution in [3.63, 3.8) is 0 Å². The van der Waals surface area contributed by atoms with Crippen molar-refractivity contribution >= 4 is 18.3 Å². The fourth-order valence-corrected chi connectivity index (χ4v) is 3.70. The summed E-state index contributed by atoms with van der Waals surface area (Å²) in [6.07, 6.45) is -1.54. The molecule has 9 heteroatoms. The molecule has 2 heterocycles. The Hall–Kier alpha value is -2.06. The normalized spacial score (nSPS) is 18.0. The minimum atomic E-state index is -4.40. The largest absolute Gasteiger partial charge is 0.416 e. The Morgan fingerprint density at radius 2 is 2.04 bits per heavy atom. The van der Waals surface area contributed by atoms with E-state index in [-0.39, 0.29) is 18.3 Å². The summed E-state index contributed by atoms with van der Waals surface area (Å²) in [5.74, 6) is -0.344. The molecule has 4 rings (SSSR count). The number of nitrogens with zero attached hydrogens (tertiary/aromatic N) is 1. The molecular formula is C18H20ClF3N4O. The van der Waals surface area contributed by atoms with Gasteiger partial charge in [0.15, 0.2) is 5.69 Å². The number of alkyl halides is 3. The van der Waals surface area contributed by atoms with E-state index in [1.54, 1.807) is 6.07 Å². The number of H-pyrrole nitrogens is 1. The Morgan fingerprint density at radius 3 is 2.70 bits per heavy atom. The van der Waals surface area contributed by atoms with Crippen LogP contribution in [0.4, 0.5) is 13.2 Å². The summed E-state index contributed by atoms with van der Waals surface area (Å²) in [6, 6.07) is 5.23. The second kappa shape index (κ2) is 7.16. The zero-order chi connectivity index (χ0) is 18.4. The van der Waals surface area contributed by atoms with Gasteiger partial charge in [0.1, 0.15) is 0 Å². The highest BCUT2D eigenvalue weighted by molar-refractivity contribution is 5.94. The first-order valence-corrected chi connectivity index (χ1v) is 8.66. The molecule has 1 fully saturated rings. The van der Waals surface area contributed by atoms with Crippen LogP contribution >= 0.6 is 12.4 Å². The number of fused-ring (bicyclic) bond motifs is 1. The molecule has 0 spiro atoms. The van der Waals surface area contributed by atoms with Crippen molar-refractivity contribution in [3.05, 3.63) is 52.3 Å². The number of aromatic amines is 1. The molecular weight excluding hydrogens is 381 g/mol. The second-order valence-corrected chi connectivity index (χ2v) is 6.92. The maximum atomic E-state index is 13.0. The molecule has 146 valence electrons. The standard InChI is InChI=1S/C18H19F3N4O.ClH/c19-18(20,21)12-4-1-3-11(9-12)17(6-2-7-17)23-16(26)15-13-10-22-8-5-14(13)24-25-15;/h1,3-4,9,22H,2,5-8,10H2,(H,23,26)(H,24,25);1H. The first kappa shape index (κ1) is 19.7. The molecule has 1 aliphatic heterocycles. The number of benzene rings is 1. The van der Waals surface area contributed by atoms with Crippen LogP contribution in [0.25, 0.3) is 0 Å². The summed E-state index contributed by atoms with van der Waals surface area (Å²) in [6.45, 7) is 1.38. The van der Waals surface area contributed by atoms with Crippen molar-refractivity contribution in [2.75, 3.05) is 6.54 Å². The lowest BCUT2D eigenvalue weighted by atomic mass is 9.71. The van der Waals surface area contributed by atoms with Gasteiger partial charge in [0, 0.05) is 30.8 Å². The summed E-state index contributed by atoms with van der Waals surface area (Å²) in [4.78, 5) is 12.8. The first-order chi connectivity index (χ1) is 12.4. The molecule has 1 aromatic carbocycles. The summed E-state index contributed by atoms with van der Waals surface area (Å²) in [5.41, 5.74) is 1.14. The van der Waals surface area contributed by atoms with Crippen LogP contribution in [-0.4, -0.2) is 22.6 Å². The highest BCUT2D eigenvalue weighted by atomic mass is 35.5. The molecule has 27 heavy (non-hydrogen) atoms. The van der Waals surface area contributed by atoms with Crippen LogP contribution in [0.3, 0.4) is 0 Å². The van der Waals surface area contributed by atoms with Crippen molar-refractivity contribution in [2.45, 2.75) is 43.9 Å². The van der Waals surface area contributed by atoms with Gasteiger partial charge in [0.2, 0.25) is 0 Å². The van der Waals surface area contributed by atoms with Crippen LogP contribution in [0, 0.1) is 0 Å². The van der Waals surface area contributed by atoms with Gasteiger partial charge in [-0.15, -0.1) is 12.4 Å². The second-order valence-electron chi connectivity index (χ2n) is 6.92. The van der Waals surface area contributed by atoms with Gasteiger partial charge >= 0.3 is 6.18 Å². The Morgan fingerprint density at radius 1 is 1.26 bits per heavy atom. The number of aromatic nitrogens is 2. The molecule has 0 saturated heterocycles. The van der Waals surface area contributed by atoms with Crippen LogP contribution in [0.15, 0.2) is 24.3 Å². The molecule has 1 aromatic heterocycles. The number of rotatable bonds is 3. The summed E-state index contributed by atoms with van der Waals surface area (Å²) >= 11 is 0. The molecule has 0 bridgehead atoms. The highest BCUT2D eigenvalue weighted by Crippen LogP contribution is 2.43. The Kier molecular flexibility index (Phi) is 5.22. The van der Waals surface area contributed by atoms with Gasteiger partial charge in [-0.2, -0.15) is 18.3 Å². The molecule has 1 amide bonds. The quantitative estimate of drug-likeness (QED) is 0.740. The van der Waals surface area contributed by atoms with Crippen molar-refractivity contribution in [2.24, 2.45) is 0 Å². The van der Waals surface area contributed by atoms with Gasteiger partial charge in [-0.25, -0.2) is 0 Å². The maximum absolute atomic E-state index is 13.0. The zero-order valence-corrected chi connectivity index (χ0v) is 15.3. The average Bonchev–Trinajstić information content (AvgIpc) is 3.01. The van der Waals surface area contributed by atoms with Crippen molar-refractivity contribution in [3.8, 4) is 0 Å². The number of halogens is 4. The summed E-state index contributed by atoms with van der Waals surface area (Å²) < 4.78 is 39.1. The third kappa shape index (κ3) is 3.55. The van der Waals surface area contributed by atoms with E-state index in [9.17, 15) is 18.0 Å². The van der Waals surface area contributed by atoms with Gasteiger partial charge < -0.3 is 10.6 Å². The molecule has 5 nitrogen and oxygen atoms in total. The molecule has 0 atom stereocenters. The lowest BCUT2D eigenvalue weighted by Gasteiger charge is -2.43. The number of carbonyl (C=O) groups excluding carboxylic acids is 1. The molecule has 1 saturated carbocycles. The third-order valence-corrected chi connectivity index (χ3v) is 5.32.